The van der Waals surface area contributed by atoms with Gasteiger partial charge >= 0.3 is 0 Å². The van der Waals surface area contributed by atoms with E-state index in [2.05, 4.69) is 20.8 Å². The number of nitrogens with zero attached hydrogens (tertiary/aromatic N) is 4. The fourth-order valence-corrected chi connectivity index (χ4v) is 3.60. The molecular formula is C24H25ClN6O3. The third kappa shape index (κ3) is 5.04. The number of anilines is 1. The number of nitrogens with one attached hydrogen (secondary N) is 2. The fourth-order valence-electron chi connectivity index (χ4n) is 3.46. The first-order chi connectivity index (χ1) is 16.4. The van der Waals surface area contributed by atoms with Crippen LogP contribution in [-0.4, -0.2) is 31.4 Å². The molecule has 0 radical (unpaired) electrons. The molecule has 2 N–H and O–H groups in total. The summed E-state index contributed by atoms with van der Waals surface area (Å²) < 4.78 is 8.67. The number of carbonyl (C=O) groups is 2. The van der Waals surface area contributed by atoms with Crippen LogP contribution in [0, 0.1) is 13.8 Å². The Morgan fingerprint density at radius 2 is 1.85 bits per heavy atom. The van der Waals surface area contributed by atoms with E-state index < -0.39 is 5.91 Å². The highest BCUT2D eigenvalue weighted by atomic mass is 35.5. The minimum atomic E-state index is -0.405. The molecule has 1 aromatic carbocycles. The molecule has 0 spiro atoms. The first-order valence-electron chi connectivity index (χ1n) is 10.8. The van der Waals surface area contributed by atoms with Crippen molar-refractivity contribution >= 4 is 29.1 Å². The van der Waals surface area contributed by atoms with Crippen molar-refractivity contribution in [1.29, 1.82) is 0 Å². The van der Waals surface area contributed by atoms with Gasteiger partial charge in [-0.15, -0.1) is 0 Å². The van der Waals surface area contributed by atoms with Gasteiger partial charge in [-0.05, 0) is 50.6 Å². The molecule has 0 aliphatic carbocycles. The summed E-state index contributed by atoms with van der Waals surface area (Å²) in [5.41, 5.74) is 3.60. The van der Waals surface area contributed by atoms with E-state index in [0.717, 1.165) is 17.0 Å². The lowest BCUT2D eigenvalue weighted by Gasteiger charge is -2.08. The Morgan fingerprint density at radius 1 is 1.09 bits per heavy atom. The largest absolute Gasteiger partial charge is 0.467 e. The Morgan fingerprint density at radius 3 is 2.47 bits per heavy atom. The molecule has 3 heterocycles. The molecule has 176 valence electrons. The number of rotatable bonds is 8. The van der Waals surface area contributed by atoms with Gasteiger partial charge in [-0.3, -0.25) is 19.0 Å². The maximum atomic E-state index is 12.9. The number of amides is 2. The Bertz CT molecular complexity index is 1310. The Kier molecular flexibility index (Phi) is 6.83. The van der Waals surface area contributed by atoms with Crippen molar-refractivity contribution in [1.82, 2.24) is 24.9 Å². The zero-order chi connectivity index (χ0) is 24.2. The Hall–Kier alpha value is -3.85. The van der Waals surface area contributed by atoms with E-state index in [4.69, 9.17) is 16.0 Å². The summed E-state index contributed by atoms with van der Waals surface area (Å²) in [6.45, 7) is 7.01. The molecule has 0 fully saturated rings. The number of aryl methyl sites for hydroxylation is 2. The smallest absolute Gasteiger partial charge is 0.274 e. The van der Waals surface area contributed by atoms with Gasteiger partial charge in [0, 0.05) is 18.3 Å². The summed E-state index contributed by atoms with van der Waals surface area (Å²) in [4.78, 5) is 25.6. The van der Waals surface area contributed by atoms with Crippen molar-refractivity contribution in [2.24, 2.45) is 0 Å². The third-order valence-electron chi connectivity index (χ3n) is 5.39. The first kappa shape index (κ1) is 23.3. The highest BCUT2D eigenvalue weighted by molar-refractivity contribution is 6.31. The molecule has 0 aliphatic rings. The molecule has 10 heteroatoms. The molecule has 0 bridgehead atoms. The van der Waals surface area contributed by atoms with Crippen molar-refractivity contribution in [3.8, 4) is 0 Å². The van der Waals surface area contributed by atoms with Gasteiger partial charge in [0.1, 0.15) is 5.76 Å². The van der Waals surface area contributed by atoms with Gasteiger partial charge in [-0.1, -0.05) is 23.7 Å². The molecule has 2 amide bonds. The molecule has 0 unspecified atom stereocenters. The summed E-state index contributed by atoms with van der Waals surface area (Å²) >= 11 is 6.23. The van der Waals surface area contributed by atoms with Crippen LogP contribution in [-0.2, 0) is 19.6 Å². The van der Waals surface area contributed by atoms with Gasteiger partial charge in [-0.2, -0.15) is 10.2 Å². The van der Waals surface area contributed by atoms with Gasteiger partial charge in [-0.25, -0.2) is 0 Å². The van der Waals surface area contributed by atoms with Crippen LogP contribution in [0.5, 0.6) is 0 Å². The van der Waals surface area contributed by atoms with E-state index in [9.17, 15) is 9.59 Å². The highest BCUT2D eigenvalue weighted by Gasteiger charge is 2.19. The van der Waals surface area contributed by atoms with Crippen LogP contribution in [0.2, 0.25) is 5.02 Å². The van der Waals surface area contributed by atoms with E-state index in [1.807, 2.05) is 37.6 Å². The monoisotopic (exact) mass is 480 g/mol. The molecule has 4 aromatic rings. The zero-order valence-electron chi connectivity index (χ0n) is 19.1. The van der Waals surface area contributed by atoms with Crippen LogP contribution in [0.25, 0.3) is 0 Å². The van der Waals surface area contributed by atoms with E-state index in [0.29, 0.717) is 35.1 Å². The van der Waals surface area contributed by atoms with Crippen molar-refractivity contribution in [3.05, 3.63) is 87.8 Å². The lowest BCUT2D eigenvalue weighted by atomic mass is 10.1. The third-order valence-corrected chi connectivity index (χ3v) is 5.94. The molecule has 0 atom stereocenters. The minimum absolute atomic E-state index is 0.139. The van der Waals surface area contributed by atoms with Crippen molar-refractivity contribution in [2.75, 3.05) is 5.32 Å². The van der Waals surface area contributed by atoms with Crippen LogP contribution in [0.1, 0.15) is 50.5 Å². The van der Waals surface area contributed by atoms with E-state index in [-0.39, 0.29) is 18.1 Å². The van der Waals surface area contributed by atoms with Crippen molar-refractivity contribution < 1.29 is 14.0 Å². The molecule has 34 heavy (non-hydrogen) atoms. The summed E-state index contributed by atoms with van der Waals surface area (Å²) in [6, 6.07) is 10.7. The maximum Gasteiger partial charge on any atom is 0.274 e. The normalized spacial score (nSPS) is 10.9. The van der Waals surface area contributed by atoms with Gasteiger partial charge in [0.2, 0.25) is 0 Å². The number of hydrogen-bond acceptors (Lipinski definition) is 5. The summed E-state index contributed by atoms with van der Waals surface area (Å²) in [6.07, 6.45) is 3.18. The summed E-state index contributed by atoms with van der Waals surface area (Å²) in [5, 5.41) is 14.9. The lowest BCUT2D eigenvalue weighted by Crippen LogP contribution is -2.25. The summed E-state index contributed by atoms with van der Waals surface area (Å²) in [5.74, 6) is -0.120. The van der Waals surface area contributed by atoms with Crippen molar-refractivity contribution in [3.63, 3.8) is 0 Å². The van der Waals surface area contributed by atoms with Gasteiger partial charge in [0.25, 0.3) is 11.8 Å². The van der Waals surface area contributed by atoms with Gasteiger partial charge < -0.3 is 15.1 Å². The molecular weight excluding hydrogens is 456 g/mol. The SMILES string of the molecule is CCn1cc(NC(=O)c2ccc(Cn3nc(C)c(Cl)c3C)cc2)c(C(=O)NCc2ccco2)n1. The number of halogens is 1. The topological polar surface area (TPSA) is 107 Å². The second-order valence-electron chi connectivity index (χ2n) is 7.80. The maximum absolute atomic E-state index is 12.9. The second-order valence-corrected chi connectivity index (χ2v) is 8.18. The molecule has 9 nitrogen and oxygen atoms in total. The van der Waals surface area contributed by atoms with E-state index in [1.165, 1.54) is 6.26 Å². The van der Waals surface area contributed by atoms with Gasteiger partial charge in [0.05, 0.1) is 41.5 Å². The Balaban J connectivity index is 1.45. The lowest BCUT2D eigenvalue weighted by molar-refractivity contribution is 0.0943. The molecule has 4 rings (SSSR count). The predicted octanol–water partition coefficient (Wildman–Crippen LogP) is 4.19. The molecule has 0 saturated heterocycles. The average molecular weight is 481 g/mol. The fraction of sp³-hybridized carbons (Fsp3) is 0.250. The van der Waals surface area contributed by atoms with E-state index >= 15 is 0 Å². The highest BCUT2D eigenvalue weighted by Crippen LogP contribution is 2.20. The minimum Gasteiger partial charge on any atom is -0.467 e. The van der Waals surface area contributed by atoms with Crippen LogP contribution < -0.4 is 10.6 Å². The van der Waals surface area contributed by atoms with Crippen molar-refractivity contribution in [2.45, 2.75) is 40.4 Å². The number of carbonyl (C=O) groups excluding carboxylic acids is 2. The molecule has 3 aromatic heterocycles. The predicted molar refractivity (Wildman–Crippen MR) is 128 cm³/mol. The quantitative estimate of drug-likeness (QED) is 0.393. The number of furan rings is 1. The number of benzene rings is 1. The number of hydrogen-bond donors (Lipinski definition) is 2. The van der Waals surface area contributed by atoms with Crippen LogP contribution in [0.15, 0.2) is 53.3 Å². The van der Waals surface area contributed by atoms with Crippen LogP contribution in [0.3, 0.4) is 0 Å². The Labute approximate surface area is 201 Å². The van der Waals surface area contributed by atoms with Crippen LogP contribution >= 0.6 is 11.6 Å². The van der Waals surface area contributed by atoms with E-state index in [1.54, 1.807) is 35.1 Å². The molecule has 0 saturated carbocycles. The van der Waals surface area contributed by atoms with Crippen LogP contribution in [0.4, 0.5) is 5.69 Å². The zero-order valence-corrected chi connectivity index (χ0v) is 19.9. The average Bonchev–Trinajstić information content (AvgIpc) is 3.56. The van der Waals surface area contributed by atoms with Gasteiger partial charge in [0.15, 0.2) is 5.69 Å². The second kappa shape index (κ2) is 9.96. The number of aromatic nitrogens is 4. The summed E-state index contributed by atoms with van der Waals surface area (Å²) in [7, 11) is 0. The molecule has 0 aliphatic heterocycles. The standard InChI is InChI=1S/C24H25ClN6O3/c1-4-30-14-20(22(29-30)24(33)26-12-19-6-5-11-34-19)27-23(32)18-9-7-17(8-10-18)13-31-16(3)21(25)15(2)28-31/h5-11,14H,4,12-13H2,1-3H3,(H,26,33)(H,27,32). The first-order valence-corrected chi connectivity index (χ1v) is 11.2.